The van der Waals surface area contributed by atoms with Gasteiger partial charge in [0.25, 0.3) is 7.82 Å². The Balaban J connectivity index is 5.02. The highest BCUT2D eigenvalue weighted by atomic mass is 31.2. The van der Waals surface area contributed by atoms with Crippen LogP contribution in [0.15, 0.2) is 122 Å². The molecule has 0 saturated heterocycles. The summed E-state index contributed by atoms with van der Waals surface area (Å²) in [4.78, 5) is 40.3. The van der Waals surface area contributed by atoms with E-state index in [-0.39, 0.29) is 24.9 Å². The average Bonchev–Trinajstić information content (AvgIpc) is 2.31. The average molecular weight is 1320 g/mol. The quantitative estimate of drug-likeness (QED) is 0.0212. The van der Waals surface area contributed by atoms with Crippen LogP contribution in [-0.2, 0) is 27.9 Å². The molecule has 0 heterocycles. The SMILES string of the molecule is CC/C=C\C/C=C\C/C=C\C/C=C\C/C=C\CCCCCCCCCCCCCC(=O)NC(COP(=O)([O-])OCC[N+](C)(C)C)C(/C=C/CCCCCCCCCCCCC)OC(=O)CCCCCCCCCCCCC/C=C\C/C=C\C/C=C\C/C=C\CCCCC. The molecule has 0 saturated carbocycles. The lowest BCUT2D eigenvalue weighted by atomic mass is 10.0. The van der Waals surface area contributed by atoms with Crippen molar-refractivity contribution in [1.82, 2.24) is 5.32 Å². The maximum atomic E-state index is 13.7. The summed E-state index contributed by atoms with van der Waals surface area (Å²) in [7, 11) is 1.18. The Bertz CT molecular complexity index is 2010. The third-order valence-electron chi connectivity index (χ3n) is 16.9. The van der Waals surface area contributed by atoms with Crippen LogP contribution in [-0.4, -0.2) is 69.4 Å². The minimum Gasteiger partial charge on any atom is -0.756 e. The molecule has 3 unspecified atom stereocenters. The van der Waals surface area contributed by atoms with Crippen molar-refractivity contribution in [3.05, 3.63) is 122 Å². The lowest BCUT2D eigenvalue weighted by Gasteiger charge is -2.30. The summed E-state index contributed by atoms with van der Waals surface area (Å²) in [6, 6.07) is -0.901. The molecule has 0 radical (unpaired) electrons. The van der Waals surface area contributed by atoms with E-state index in [9.17, 15) is 19.0 Å². The second-order valence-corrected chi connectivity index (χ2v) is 28.5. The predicted octanol–water partition coefficient (Wildman–Crippen LogP) is 24.7. The number of carbonyl (C=O) groups excluding carboxylic acids is 2. The van der Waals surface area contributed by atoms with Crippen LogP contribution in [0.5, 0.6) is 0 Å². The molecule has 0 aliphatic carbocycles. The third-order valence-corrected chi connectivity index (χ3v) is 17.8. The van der Waals surface area contributed by atoms with E-state index >= 15 is 0 Å². The van der Waals surface area contributed by atoms with E-state index in [0.29, 0.717) is 17.4 Å². The number of allylic oxidation sites excluding steroid dienone is 19. The van der Waals surface area contributed by atoms with Gasteiger partial charge in [-0.25, -0.2) is 0 Å². The van der Waals surface area contributed by atoms with Crippen LogP contribution < -0.4 is 10.2 Å². The number of phosphoric acid groups is 1. The molecule has 93 heavy (non-hydrogen) atoms. The number of hydrogen-bond donors (Lipinski definition) is 1. The van der Waals surface area contributed by atoms with E-state index in [1.54, 1.807) is 0 Å². The number of unbranched alkanes of at least 4 members (excludes halogenated alkanes) is 36. The summed E-state index contributed by atoms with van der Waals surface area (Å²) in [5, 5.41) is 3.05. The maximum Gasteiger partial charge on any atom is 0.306 e. The molecule has 0 aliphatic heterocycles. The molecule has 0 aliphatic rings. The number of hydrogen-bond acceptors (Lipinski definition) is 7. The summed E-state index contributed by atoms with van der Waals surface area (Å²) < 4.78 is 30.5. The normalized spacial score (nSPS) is 14.1. The second kappa shape index (κ2) is 71.2. The van der Waals surface area contributed by atoms with Gasteiger partial charge in [-0.15, -0.1) is 0 Å². The van der Waals surface area contributed by atoms with E-state index in [1.807, 2.05) is 33.3 Å². The van der Waals surface area contributed by atoms with Gasteiger partial charge in [-0.2, -0.15) is 0 Å². The highest BCUT2D eigenvalue weighted by Crippen LogP contribution is 2.38. The summed E-state index contributed by atoms with van der Waals surface area (Å²) in [5.41, 5.74) is 0. The van der Waals surface area contributed by atoms with Gasteiger partial charge >= 0.3 is 5.97 Å². The number of ether oxygens (including phenoxy) is 1. The number of amides is 1. The van der Waals surface area contributed by atoms with Crippen LogP contribution in [0.3, 0.4) is 0 Å². The van der Waals surface area contributed by atoms with Crippen molar-refractivity contribution in [3.63, 3.8) is 0 Å². The van der Waals surface area contributed by atoms with Crippen molar-refractivity contribution < 1.29 is 37.3 Å². The van der Waals surface area contributed by atoms with Crippen molar-refractivity contribution in [2.75, 3.05) is 40.9 Å². The molecule has 1 amide bonds. The second-order valence-electron chi connectivity index (χ2n) is 27.1. The van der Waals surface area contributed by atoms with Gasteiger partial charge in [0, 0.05) is 12.8 Å². The molecule has 10 heteroatoms. The highest BCUT2D eigenvalue weighted by Gasteiger charge is 2.27. The molecule has 9 nitrogen and oxygen atoms in total. The molecule has 0 aromatic rings. The summed E-state index contributed by atoms with van der Waals surface area (Å²) >= 11 is 0. The number of phosphoric ester groups is 1. The zero-order valence-electron chi connectivity index (χ0n) is 61.4. The van der Waals surface area contributed by atoms with Crippen LogP contribution >= 0.6 is 7.82 Å². The number of nitrogens with zero attached hydrogens (tertiary/aromatic N) is 1. The minimum atomic E-state index is -4.72. The van der Waals surface area contributed by atoms with Gasteiger partial charge in [0.2, 0.25) is 5.91 Å². The van der Waals surface area contributed by atoms with Crippen molar-refractivity contribution in [2.45, 2.75) is 354 Å². The van der Waals surface area contributed by atoms with Crippen molar-refractivity contribution in [2.24, 2.45) is 0 Å². The van der Waals surface area contributed by atoms with Gasteiger partial charge in [0.1, 0.15) is 19.3 Å². The van der Waals surface area contributed by atoms with Crippen molar-refractivity contribution in [1.29, 1.82) is 0 Å². The van der Waals surface area contributed by atoms with Crippen molar-refractivity contribution in [3.8, 4) is 0 Å². The number of carbonyl (C=O) groups is 2. The molecule has 0 bridgehead atoms. The smallest absolute Gasteiger partial charge is 0.306 e. The first-order valence-electron chi connectivity index (χ1n) is 38.8. The summed E-state index contributed by atoms with van der Waals surface area (Å²) in [5.74, 6) is -0.544. The lowest BCUT2D eigenvalue weighted by Crippen LogP contribution is -2.47. The zero-order valence-corrected chi connectivity index (χ0v) is 62.3. The number of likely N-dealkylation sites (N-methyl/N-ethyl adjacent to an activating group) is 1. The fourth-order valence-electron chi connectivity index (χ4n) is 10.9. The fraction of sp³-hybridized carbons (Fsp3) is 0.735. The van der Waals surface area contributed by atoms with Gasteiger partial charge in [-0.1, -0.05) is 329 Å². The van der Waals surface area contributed by atoms with Crippen LogP contribution in [0.2, 0.25) is 0 Å². The largest absolute Gasteiger partial charge is 0.756 e. The van der Waals surface area contributed by atoms with Gasteiger partial charge in [-0.3, -0.25) is 14.2 Å². The predicted molar refractivity (Wildman–Crippen MR) is 403 cm³/mol. The monoisotopic (exact) mass is 1320 g/mol. The molecule has 3 atom stereocenters. The van der Waals surface area contributed by atoms with E-state index in [4.69, 9.17) is 13.8 Å². The molecule has 536 valence electrons. The number of esters is 1. The molecule has 0 aromatic carbocycles. The molecule has 1 N–H and O–H groups in total. The molecule has 0 aromatic heterocycles. The van der Waals surface area contributed by atoms with Crippen molar-refractivity contribution >= 4 is 19.7 Å². The lowest BCUT2D eigenvalue weighted by molar-refractivity contribution is -0.870. The van der Waals surface area contributed by atoms with E-state index in [1.165, 1.54) is 180 Å². The molecular formula is C83H147N2O7P. The maximum absolute atomic E-state index is 13.7. The number of quaternary nitrogens is 1. The standard InChI is InChI=1S/C83H147N2O7P/c1-7-10-13-16-19-22-25-28-30-32-34-36-38-40-42-44-46-48-50-52-54-57-60-63-66-69-72-75-82(86)84-80(79-91-93(88,89)90-78-77-85(4,5)6)81(74-71-68-65-62-59-56-27-24-21-18-15-12-9-3)92-83(87)76-73-70-67-64-61-58-55-53-51-49-47-45-43-41-39-37-35-33-31-29-26-23-20-17-14-11-8-2/h10,13,19-20,22-23,28-31,34-37,40-43,71,74,80-81H,7-9,11-12,14-18,21,24-27,32-33,38-39,44-70,72-73,75-79H2,1-6H3,(H-,84,86,88,89)/b13-10-,22-19-,23-20-,30-28-,31-29-,36-34-,37-35-,42-40-,43-41-,74-71+. The van der Waals surface area contributed by atoms with Crippen LogP contribution in [0.25, 0.3) is 0 Å². The zero-order chi connectivity index (χ0) is 67.8. The Hall–Kier alpha value is -3.59. The van der Waals surface area contributed by atoms with E-state index in [0.717, 1.165) is 128 Å². The Kier molecular flexibility index (Phi) is 68.4. The van der Waals surface area contributed by atoms with Gasteiger partial charge in [0.15, 0.2) is 0 Å². The Morgan fingerprint density at radius 3 is 1.05 bits per heavy atom. The van der Waals surface area contributed by atoms with Crippen LogP contribution in [0, 0.1) is 0 Å². The fourth-order valence-corrected chi connectivity index (χ4v) is 11.7. The first-order valence-corrected chi connectivity index (χ1v) is 40.3. The summed E-state index contributed by atoms with van der Waals surface area (Å²) in [6.07, 6.45) is 100. The van der Waals surface area contributed by atoms with Gasteiger partial charge in [-0.05, 0) is 122 Å². The molecular weight excluding hydrogens is 1170 g/mol. The molecule has 0 rings (SSSR count). The van der Waals surface area contributed by atoms with Crippen LogP contribution in [0.1, 0.15) is 342 Å². The Morgan fingerprint density at radius 2 is 0.688 bits per heavy atom. The first-order chi connectivity index (χ1) is 45.4. The third kappa shape index (κ3) is 72.5. The minimum absolute atomic E-state index is 0.0279. The number of rotatable bonds is 70. The summed E-state index contributed by atoms with van der Waals surface area (Å²) in [6.45, 7) is 6.73. The highest BCUT2D eigenvalue weighted by molar-refractivity contribution is 7.45. The Morgan fingerprint density at radius 1 is 0.387 bits per heavy atom. The van der Waals surface area contributed by atoms with E-state index in [2.05, 4.69) is 135 Å². The van der Waals surface area contributed by atoms with E-state index < -0.39 is 26.6 Å². The van der Waals surface area contributed by atoms with Gasteiger partial charge < -0.3 is 28.5 Å². The topological polar surface area (TPSA) is 114 Å². The van der Waals surface area contributed by atoms with Crippen LogP contribution in [0.4, 0.5) is 0 Å². The number of nitrogens with one attached hydrogen (secondary N) is 1. The Labute approximate surface area is 575 Å². The molecule has 0 fully saturated rings. The molecule has 0 spiro atoms. The first kappa shape index (κ1) is 89.4. The van der Waals surface area contributed by atoms with Gasteiger partial charge in [0.05, 0.1) is 33.8 Å².